The molecule has 0 aliphatic carbocycles. The summed E-state index contributed by atoms with van der Waals surface area (Å²) in [5, 5.41) is 9.35. The molecule has 18 heavy (non-hydrogen) atoms. The normalized spacial score (nSPS) is 15.2. The van der Waals surface area contributed by atoms with Crippen LogP contribution in [0.25, 0.3) is 0 Å². The van der Waals surface area contributed by atoms with Crippen LogP contribution in [0.5, 0.6) is 0 Å². The zero-order valence-corrected chi connectivity index (χ0v) is 12.2. The molecule has 1 aromatic rings. The SMILES string of the molecule is CC(C)(C)CC(N)(C(=O)O)c1ccc(Br)c(F)c1. The smallest absolute Gasteiger partial charge is 0.328 e. The summed E-state index contributed by atoms with van der Waals surface area (Å²) < 4.78 is 13.8. The largest absolute Gasteiger partial charge is 0.480 e. The van der Waals surface area contributed by atoms with Crippen molar-refractivity contribution >= 4 is 21.9 Å². The molecule has 0 spiro atoms. The summed E-state index contributed by atoms with van der Waals surface area (Å²) in [5.41, 5.74) is 4.39. The number of hydrogen-bond acceptors (Lipinski definition) is 2. The van der Waals surface area contributed by atoms with Crippen LogP contribution >= 0.6 is 15.9 Å². The molecule has 3 nitrogen and oxygen atoms in total. The van der Waals surface area contributed by atoms with Crippen LogP contribution < -0.4 is 5.73 Å². The molecule has 1 aromatic carbocycles. The van der Waals surface area contributed by atoms with E-state index < -0.39 is 17.3 Å². The Morgan fingerprint density at radius 1 is 1.44 bits per heavy atom. The van der Waals surface area contributed by atoms with Gasteiger partial charge in [-0.25, -0.2) is 9.18 Å². The lowest BCUT2D eigenvalue weighted by molar-refractivity contribution is -0.145. The molecule has 1 unspecified atom stereocenters. The summed E-state index contributed by atoms with van der Waals surface area (Å²) in [4.78, 5) is 11.4. The van der Waals surface area contributed by atoms with Crippen molar-refractivity contribution in [3.63, 3.8) is 0 Å². The molecule has 0 bridgehead atoms. The Labute approximate surface area is 114 Å². The highest BCUT2D eigenvalue weighted by atomic mass is 79.9. The van der Waals surface area contributed by atoms with Crippen molar-refractivity contribution in [1.29, 1.82) is 0 Å². The van der Waals surface area contributed by atoms with Gasteiger partial charge in [-0.1, -0.05) is 26.8 Å². The van der Waals surface area contributed by atoms with Crippen LogP contribution in [0.1, 0.15) is 32.8 Å². The third kappa shape index (κ3) is 3.29. The van der Waals surface area contributed by atoms with Crippen LogP contribution in [0, 0.1) is 11.2 Å². The topological polar surface area (TPSA) is 63.3 Å². The molecule has 100 valence electrons. The zero-order chi connectivity index (χ0) is 14.1. The molecular formula is C13H17BrFNO2. The number of hydrogen-bond donors (Lipinski definition) is 2. The summed E-state index contributed by atoms with van der Waals surface area (Å²) in [6.07, 6.45) is 0.219. The Balaban J connectivity index is 3.27. The first-order valence-corrected chi connectivity index (χ1v) is 6.33. The summed E-state index contributed by atoms with van der Waals surface area (Å²) in [7, 11) is 0. The Bertz CT molecular complexity index is 471. The van der Waals surface area contributed by atoms with E-state index in [0.29, 0.717) is 0 Å². The van der Waals surface area contributed by atoms with E-state index in [4.69, 9.17) is 5.73 Å². The van der Waals surface area contributed by atoms with Crippen LogP contribution in [0.2, 0.25) is 0 Å². The van der Waals surface area contributed by atoms with E-state index in [0.717, 1.165) is 0 Å². The molecule has 0 saturated heterocycles. The van der Waals surface area contributed by atoms with Gasteiger partial charge in [0.25, 0.3) is 0 Å². The highest BCUT2D eigenvalue weighted by Gasteiger charge is 2.40. The van der Waals surface area contributed by atoms with E-state index in [1.807, 2.05) is 20.8 Å². The zero-order valence-electron chi connectivity index (χ0n) is 10.6. The van der Waals surface area contributed by atoms with Gasteiger partial charge in [-0.3, -0.25) is 0 Å². The monoisotopic (exact) mass is 317 g/mol. The Morgan fingerprint density at radius 2 is 2.00 bits per heavy atom. The van der Waals surface area contributed by atoms with Crippen LogP contribution in [0.4, 0.5) is 4.39 Å². The molecule has 1 rings (SSSR count). The maximum atomic E-state index is 13.5. The maximum Gasteiger partial charge on any atom is 0.328 e. The summed E-state index contributed by atoms with van der Waals surface area (Å²) >= 11 is 3.03. The molecule has 0 amide bonds. The van der Waals surface area contributed by atoms with Gasteiger partial charge in [0.2, 0.25) is 0 Å². The van der Waals surface area contributed by atoms with Crippen molar-refractivity contribution in [1.82, 2.24) is 0 Å². The predicted molar refractivity (Wildman–Crippen MR) is 71.7 cm³/mol. The molecule has 0 fully saturated rings. The summed E-state index contributed by atoms with van der Waals surface area (Å²) in [6.45, 7) is 5.69. The van der Waals surface area contributed by atoms with E-state index in [-0.39, 0.29) is 21.9 Å². The fraction of sp³-hybridized carbons (Fsp3) is 0.462. The quantitative estimate of drug-likeness (QED) is 0.899. The van der Waals surface area contributed by atoms with E-state index >= 15 is 0 Å². The van der Waals surface area contributed by atoms with E-state index in [1.54, 1.807) is 0 Å². The molecule has 0 aliphatic rings. The highest BCUT2D eigenvalue weighted by molar-refractivity contribution is 9.10. The number of rotatable bonds is 3. The Kier molecular flexibility index (Phi) is 4.18. The lowest BCUT2D eigenvalue weighted by Crippen LogP contribution is -2.47. The minimum absolute atomic E-state index is 0.219. The molecule has 0 saturated carbocycles. The second-order valence-electron chi connectivity index (χ2n) is 5.64. The second kappa shape index (κ2) is 4.97. The first kappa shape index (κ1) is 15.1. The molecule has 0 aliphatic heterocycles. The third-order valence-corrected chi connectivity index (χ3v) is 3.27. The second-order valence-corrected chi connectivity index (χ2v) is 6.50. The number of benzene rings is 1. The molecule has 0 heterocycles. The van der Waals surface area contributed by atoms with Crippen LogP contribution in [0.3, 0.4) is 0 Å². The fourth-order valence-electron chi connectivity index (χ4n) is 1.91. The van der Waals surface area contributed by atoms with Crippen molar-refractivity contribution in [2.75, 3.05) is 0 Å². The molecule has 0 radical (unpaired) electrons. The molecular weight excluding hydrogens is 301 g/mol. The van der Waals surface area contributed by atoms with Crippen LogP contribution in [-0.2, 0) is 10.3 Å². The van der Waals surface area contributed by atoms with Gasteiger partial charge in [-0.2, -0.15) is 0 Å². The number of halogens is 2. The number of carboxylic acids is 1. The van der Waals surface area contributed by atoms with Crippen LogP contribution in [0.15, 0.2) is 22.7 Å². The first-order valence-electron chi connectivity index (χ1n) is 5.54. The van der Waals surface area contributed by atoms with Crippen molar-refractivity contribution in [2.45, 2.75) is 32.7 Å². The average molecular weight is 318 g/mol. The van der Waals surface area contributed by atoms with Gasteiger partial charge >= 0.3 is 5.97 Å². The molecule has 1 atom stereocenters. The number of nitrogens with two attached hydrogens (primary N) is 1. The van der Waals surface area contributed by atoms with Gasteiger partial charge in [-0.15, -0.1) is 0 Å². The van der Waals surface area contributed by atoms with Gasteiger partial charge in [-0.05, 0) is 45.5 Å². The molecule has 5 heteroatoms. The van der Waals surface area contributed by atoms with E-state index in [1.165, 1.54) is 18.2 Å². The van der Waals surface area contributed by atoms with E-state index in [2.05, 4.69) is 15.9 Å². The average Bonchev–Trinajstić information content (AvgIpc) is 2.19. The first-order chi connectivity index (χ1) is 8.06. The van der Waals surface area contributed by atoms with Crippen molar-refractivity contribution in [3.8, 4) is 0 Å². The van der Waals surface area contributed by atoms with Crippen LogP contribution in [-0.4, -0.2) is 11.1 Å². The number of aliphatic carboxylic acids is 1. The van der Waals surface area contributed by atoms with Gasteiger partial charge in [0.15, 0.2) is 0 Å². The standard InChI is InChI=1S/C13H17BrFNO2/c1-12(2,3)7-13(16,11(17)18)8-4-5-9(14)10(15)6-8/h4-6H,7,16H2,1-3H3,(H,17,18). The third-order valence-electron chi connectivity index (χ3n) is 2.63. The highest BCUT2D eigenvalue weighted by Crippen LogP contribution is 2.34. The van der Waals surface area contributed by atoms with Crippen molar-refractivity contribution < 1.29 is 14.3 Å². The Hall–Kier alpha value is -0.940. The number of carbonyl (C=O) groups is 1. The van der Waals surface area contributed by atoms with Gasteiger partial charge in [0.05, 0.1) is 4.47 Å². The van der Waals surface area contributed by atoms with Gasteiger partial charge in [0, 0.05) is 0 Å². The lowest BCUT2D eigenvalue weighted by Gasteiger charge is -2.32. The lowest BCUT2D eigenvalue weighted by atomic mass is 9.76. The minimum atomic E-state index is -1.58. The van der Waals surface area contributed by atoms with Gasteiger partial charge in [0.1, 0.15) is 11.4 Å². The number of carboxylic acid groups (broad SMARTS) is 1. The maximum absolute atomic E-state index is 13.5. The van der Waals surface area contributed by atoms with E-state index in [9.17, 15) is 14.3 Å². The fourth-order valence-corrected chi connectivity index (χ4v) is 2.16. The summed E-state index contributed by atoms with van der Waals surface area (Å²) in [5.74, 6) is -1.67. The Morgan fingerprint density at radius 3 is 2.39 bits per heavy atom. The van der Waals surface area contributed by atoms with Gasteiger partial charge < -0.3 is 10.8 Å². The van der Waals surface area contributed by atoms with Crippen molar-refractivity contribution in [2.24, 2.45) is 11.1 Å². The summed E-state index contributed by atoms with van der Waals surface area (Å²) in [6, 6.07) is 4.18. The minimum Gasteiger partial charge on any atom is -0.480 e. The van der Waals surface area contributed by atoms with Crippen molar-refractivity contribution in [3.05, 3.63) is 34.1 Å². The predicted octanol–water partition coefficient (Wildman–Crippen LogP) is 3.26. The molecule has 0 aromatic heterocycles. The molecule has 3 N–H and O–H groups in total.